The normalized spacial score (nSPS) is 11.4. The summed E-state index contributed by atoms with van der Waals surface area (Å²) < 4.78 is 37.3. The van der Waals surface area contributed by atoms with E-state index in [0.717, 1.165) is 0 Å². The minimum atomic E-state index is -3.76. The topological polar surface area (TPSA) is 90.0 Å². The van der Waals surface area contributed by atoms with Crippen molar-refractivity contribution in [2.45, 2.75) is 32.3 Å². The zero-order chi connectivity index (χ0) is 22.5. The molecule has 0 saturated carbocycles. The summed E-state index contributed by atoms with van der Waals surface area (Å²) in [4.78, 5) is 24.2. The quantitative estimate of drug-likeness (QED) is 0.422. The van der Waals surface area contributed by atoms with E-state index in [2.05, 4.69) is 0 Å². The maximum atomic E-state index is 12.7. The maximum Gasteiger partial charge on any atom is 0.340 e. The number of nitrogens with zero attached hydrogens (tertiary/aromatic N) is 1. The van der Waals surface area contributed by atoms with Crippen LogP contribution in [0.25, 0.3) is 0 Å². The van der Waals surface area contributed by atoms with Crippen LogP contribution in [0, 0.1) is 0 Å². The number of rotatable bonds is 9. The van der Waals surface area contributed by atoms with Gasteiger partial charge < -0.3 is 9.47 Å². The van der Waals surface area contributed by atoms with Crippen LogP contribution in [-0.4, -0.2) is 44.7 Å². The number of esters is 1. The first kappa shape index (κ1) is 23.9. The third kappa shape index (κ3) is 5.19. The number of halogens is 1. The van der Waals surface area contributed by atoms with Gasteiger partial charge in [-0.15, -0.1) is 0 Å². The van der Waals surface area contributed by atoms with Crippen molar-refractivity contribution in [3.63, 3.8) is 0 Å². The van der Waals surface area contributed by atoms with Gasteiger partial charge in [0, 0.05) is 24.2 Å². The van der Waals surface area contributed by atoms with E-state index in [1.807, 2.05) is 0 Å². The SMILES string of the molecule is CCN(CC)S(=O)(=O)c1ccc(Cl)c(C(=O)OCc2cc(C(C)=O)ccc2OC)c1. The van der Waals surface area contributed by atoms with Crippen LogP contribution in [0.3, 0.4) is 0 Å². The molecule has 9 heteroatoms. The largest absolute Gasteiger partial charge is 0.496 e. The molecule has 0 aromatic heterocycles. The minimum Gasteiger partial charge on any atom is -0.496 e. The highest BCUT2D eigenvalue weighted by Crippen LogP contribution is 2.25. The first-order chi connectivity index (χ1) is 14.1. The van der Waals surface area contributed by atoms with E-state index < -0.39 is 16.0 Å². The van der Waals surface area contributed by atoms with Crippen molar-refractivity contribution in [1.29, 1.82) is 0 Å². The molecule has 0 spiro atoms. The molecule has 0 atom stereocenters. The second-order valence-electron chi connectivity index (χ2n) is 6.39. The van der Waals surface area contributed by atoms with Crippen molar-refractivity contribution in [3.05, 3.63) is 58.1 Å². The van der Waals surface area contributed by atoms with Crippen molar-refractivity contribution < 1.29 is 27.5 Å². The highest BCUT2D eigenvalue weighted by atomic mass is 35.5. The molecule has 0 radical (unpaired) electrons. The lowest BCUT2D eigenvalue weighted by atomic mass is 10.1. The molecular formula is C21H24ClNO6S. The summed E-state index contributed by atoms with van der Waals surface area (Å²) in [6, 6.07) is 8.73. The van der Waals surface area contributed by atoms with Crippen molar-refractivity contribution in [2.24, 2.45) is 0 Å². The maximum absolute atomic E-state index is 12.7. The first-order valence-corrected chi connectivity index (χ1v) is 11.1. The zero-order valence-corrected chi connectivity index (χ0v) is 18.8. The van der Waals surface area contributed by atoms with E-state index in [9.17, 15) is 18.0 Å². The molecule has 2 aromatic rings. The molecule has 0 saturated heterocycles. The molecule has 0 heterocycles. The smallest absolute Gasteiger partial charge is 0.340 e. The van der Waals surface area contributed by atoms with Gasteiger partial charge in [-0.1, -0.05) is 25.4 Å². The molecule has 0 amide bonds. The van der Waals surface area contributed by atoms with Crippen LogP contribution < -0.4 is 4.74 Å². The average molecular weight is 454 g/mol. The van der Waals surface area contributed by atoms with Crippen LogP contribution in [0.5, 0.6) is 5.75 Å². The van der Waals surface area contributed by atoms with Crippen molar-refractivity contribution in [3.8, 4) is 5.75 Å². The number of hydrogen-bond donors (Lipinski definition) is 0. The van der Waals surface area contributed by atoms with E-state index in [1.165, 1.54) is 36.5 Å². The molecule has 0 aliphatic heterocycles. The lowest BCUT2D eigenvalue weighted by Crippen LogP contribution is -2.30. The van der Waals surface area contributed by atoms with E-state index in [1.54, 1.807) is 32.0 Å². The molecule has 0 aliphatic carbocycles. The summed E-state index contributed by atoms with van der Waals surface area (Å²) >= 11 is 6.12. The van der Waals surface area contributed by atoms with Gasteiger partial charge in [0.15, 0.2) is 5.78 Å². The van der Waals surface area contributed by atoms with Crippen molar-refractivity contribution >= 4 is 33.4 Å². The predicted molar refractivity (Wildman–Crippen MR) is 114 cm³/mol. The number of benzene rings is 2. The Hall–Kier alpha value is -2.42. The highest BCUT2D eigenvalue weighted by molar-refractivity contribution is 7.89. The van der Waals surface area contributed by atoms with Gasteiger partial charge in [0.05, 0.1) is 22.6 Å². The molecule has 0 aliphatic rings. The minimum absolute atomic E-state index is 0.0429. The summed E-state index contributed by atoms with van der Waals surface area (Å²) in [5.74, 6) is -0.466. The average Bonchev–Trinajstić information content (AvgIpc) is 2.72. The Kier molecular flexibility index (Phi) is 8.00. The Labute approximate surface area is 181 Å². The molecule has 162 valence electrons. The lowest BCUT2D eigenvalue weighted by molar-refractivity contribution is 0.0470. The Bertz CT molecular complexity index is 1050. The van der Waals surface area contributed by atoms with Gasteiger partial charge in [-0.05, 0) is 43.3 Å². The molecule has 0 bridgehead atoms. The molecular weight excluding hydrogens is 430 g/mol. The van der Waals surface area contributed by atoms with Crippen LogP contribution in [-0.2, 0) is 21.4 Å². The molecule has 7 nitrogen and oxygen atoms in total. The standard InChI is InChI=1S/C21H24ClNO6S/c1-5-23(6-2)30(26,27)17-8-9-19(22)18(12-17)21(25)29-13-16-11-15(14(3)24)7-10-20(16)28-4/h7-12H,5-6,13H2,1-4H3. The second kappa shape index (κ2) is 10.1. The van der Waals surface area contributed by atoms with Gasteiger partial charge in [-0.3, -0.25) is 4.79 Å². The fourth-order valence-corrected chi connectivity index (χ4v) is 4.54. The lowest BCUT2D eigenvalue weighted by Gasteiger charge is -2.19. The number of sulfonamides is 1. The first-order valence-electron chi connectivity index (χ1n) is 9.30. The van der Waals surface area contributed by atoms with Gasteiger partial charge >= 0.3 is 5.97 Å². The van der Waals surface area contributed by atoms with E-state index in [4.69, 9.17) is 21.1 Å². The van der Waals surface area contributed by atoms with E-state index in [0.29, 0.717) is 30.0 Å². The van der Waals surface area contributed by atoms with Gasteiger partial charge in [0.1, 0.15) is 12.4 Å². The third-order valence-electron chi connectivity index (χ3n) is 4.55. The number of ether oxygens (including phenoxy) is 2. The summed E-state index contributed by atoms with van der Waals surface area (Å²) in [7, 11) is -2.29. The number of carbonyl (C=O) groups is 2. The number of ketones is 1. The Morgan fingerprint density at radius 1 is 1.07 bits per heavy atom. The van der Waals surface area contributed by atoms with Crippen molar-refractivity contribution in [2.75, 3.05) is 20.2 Å². The second-order valence-corrected chi connectivity index (χ2v) is 8.74. The molecule has 2 rings (SSSR count). The molecule has 2 aromatic carbocycles. The Balaban J connectivity index is 2.30. The summed E-state index contributed by atoms with van der Waals surface area (Å²) in [5.41, 5.74) is 0.889. The fraction of sp³-hybridized carbons (Fsp3) is 0.333. The number of Topliss-reactive ketones (excluding diaryl/α,β-unsaturated/α-hetero) is 1. The van der Waals surface area contributed by atoms with E-state index in [-0.39, 0.29) is 27.9 Å². The summed E-state index contributed by atoms with van der Waals surface area (Å²) in [5, 5.41) is 0.0722. The highest BCUT2D eigenvalue weighted by Gasteiger charge is 2.24. The summed E-state index contributed by atoms with van der Waals surface area (Å²) in [6.07, 6.45) is 0. The summed E-state index contributed by atoms with van der Waals surface area (Å²) in [6.45, 7) is 5.32. The van der Waals surface area contributed by atoms with Crippen LogP contribution in [0.15, 0.2) is 41.3 Å². The van der Waals surface area contributed by atoms with Gasteiger partial charge in [0.25, 0.3) is 0 Å². The third-order valence-corrected chi connectivity index (χ3v) is 6.92. The van der Waals surface area contributed by atoms with E-state index >= 15 is 0 Å². The Morgan fingerprint density at radius 2 is 1.73 bits per heavy atom. The fourth-order valence-electron chi connectivity index (χ4n) is 2.87. The van der Waals surface area contributed by atoms with Crippen LogP contribution in [0.1, 0.15) is 47.1 Å². The van der Waals surface area contributed by atoms with Gasteiger partial charge in [-0.25, -0.2) is 13.2 Å². The number of carbonyl (C=O) groups excluding carboxylic acids is 2. The van der Waals surface area contributed by atoms with Crippen LogP contribution in [0.2, 0.25) is 5.02 Å². The molecule has 0 fully saturated rings. The van der Waals surface area contributed by atoms with Gasteiger partial charge in [0.2, 0.25) is 10.0 Å². The monoisotopic (exact) mass is 453 g/mol. The Morgan fingerprint density at radius 3 is 2.30 bits per heavy atom. The zero-order valence-electron chi connectivity index (χ0n) is 17.3. The predicted octanol–water partition coefficient (Wildman–Crippen LogP) is 3.94. The number of hydrogen-bond acceptors (Lipinski definition) is 6. The van der Waals surface area contributed by atoms with Crippen LogP contribution >= 0.6 is 11.6 Å². The molecule has 30 heavy (non-hydrogen) atoms. The van der Waals surface area contributed by atoms with Crippen molar-refractivity contribution in [1.82, 2.24) is 4.31 Å². The number of methoxy groups -OCH3 is 1. The van der Waals surface area contributed by atoms with Crippen LogP contribution in [0.4, 0.5) is 0 Å². The van der Waals surface area contributed by atoms with Gasteiger partial charge in [-0.2, -0.15) is 4.31 Å². The molecule has 0 unspecified atom stereocenters. The molecule has 0 N–H and O–H groups in total.